The van der Waals surface area contributed by atoms with Crippen LogP contribution in [0.25, 0.3) is 0 Å². The maximum atomic E-state index is 12.8. The first-order valence-electron chi connectivity index (χ1n) is 7.97. The molecule has 0 heterocycles. The molecule has 0 atom stereocenters. The monoisotopic (exact) mass is 358 g/mol. The summed E-state index contributed by atoms with van der Waals surface area (Å²) in [5.41, 5.74) is 1.79. The number of anilines is 1. The van der Waals surface area contributed by atoms with E-state index >= 15 is 0 Å². The molecule has 2 aromatic rings. The number of halogens is 1. The Morgan fingerprint density at radius 2 is 1.65 bits per heavy atom. The maximum absolute atomic E-state index is 12.8. The molecule has 0 aromatic heterocycles. The average Bonchev–Trinajstić information content (AvgIpc) is 2.66. The first-order valence-corrected chi connectivity index (χ1v) is 7.97. The highest BCUT2D eigenvalue weighted by molar-refractivity contribution is 5.97. The van der Waals surface area contributed by atoms with E-state index in [1.165, 1.54) is 19.2 Å². The Bertz CT molecular complexity index is 773. The normalized spacial score (nSPS) is 10.1. The summed E-state index contributed by atoms with van der Waals surface area (Å²) in [6, 6.07) is 12.3. The average molecular weight is 358 g/mol. The molecule has 0 unspecified atom stereocenters. The topological polar surface area (TPSA) is 84.5 Å². The van der Waals surface area contributed by atoms with Gasteiger partial charge < -0.3 is 15.4 Å². The van der Waals surface area contributed by atoms with Crippen LogP contribution in [0.1, 0.15) is 22.3 Å². The lowest BCUT2D eigenvalue weighted by Gasteiger charge is -2.07. The lowest BCUT2D eigenvalue weighted by Crippen LogP contribution is -2.30. The molecule has 0 aliphatic heterocycles. The van der Waals surface area contributed by atoms with Gasteiger partial charge in [0.25, 0.3) is 5.91 Å². The van der Waals surface area contributed by atoms with Gasteiger partial charge in [-0.2, -0.15) is 0 Å². The van der Waals surface area contributed by atoms with Gasteiger partial charge in [0.2, 0.25) is 5.91 Å². The molecule has 0 saturated carbocycles. The van der Waals surface area contributed by atoms with E-state index in [9.17, 15) is 18.8 Å². The largest absolute Gasteiger partial charge is 0.468 e. The Morgan fingerprint density at radius 3 is 2.27 bits per heavy atom. The Hall–Kier alpha value is -3.22. The zero-order valence-corrected chi connectivity index (χ0v) is 14.3. The summed E-state index contributed by atoms with van der Waals surface area (Å²) >= 11 is 0. The summed E-state index contributed by atoms with van der Waals surface area (Å²) in [7, 11) is 1.24. The fraction of sp³-hybridized carbons (Fsp3) is 0.211. The van der Waals surface area contributed by atoms with Gasteiger partial charge in [-0.25, -0.2) is 4.39 Å². The number of amides is 2. The SMILES string of the molecule is COC(=O)CNC(=O)c1ccc(NC(=O)CCc2ccc(F)cc2)cc1. The summed E-state index contributed by atoms with van der Waals surface area (Å²) < 4.78 is 17.3. The minimum absolute atomic E-state index is 0.183. The van der Waals surface area contributed by atoms with Gasteiger partial charge in [0, 0.05) is 17.7 Å². The van der Waals surface area contributed by atoms with Crippen molar-refractivity contribution in [3.05, 3.63) is 65.5 Å². The number of carbonyl (C=O) groups is 3. The number of hydrogen-bond acceptors (Lipinski definition) is 4. The smallest absolute Gasteiger partial charge is 0.325 e. The second-order valence-corrected chi connectivity index (χ2v) is 5.51. The Balaban J connectivity index is 1.82. The van der Waals surface area contributed by atoms with E-state index in [0.717, 1.165) is 5.56 Å². The van der Waals surface area contributed by atoms with Crippen molar-refractivity contribution < 1.29 is 23.5 Å². The summed E-state index contributed by atoms with van der Waals surface area (Å²) in [6.07, 6.45) is 0.757. The van der Waals surface area contributed by atoms with Gasteiger partial charge >= 0.3 is 5.97 Å². The molecule has 7 heteroatoms. The summed E-state index contributed by atoms with van der Waals surface area (Å²) in [5, 5.41) is 5.16. The lowest BCUT2D eigenvalue weighted by atomic mass is 10.1. The molecule has 2 aromatic carbocycles. The number of benzene rings is 2. The molecule has 2 amide bonds. The molecule has 0 saturated heterocycles. The Labute approximate surface area is 150 Å². The third-order valence-corrected chi connectivity index (χ3v) is 3.61. The number of nitrogens with one attached hydrogen (secondary N) is 2. The molecule has 2 N–H and O–H groups in total. The molecule has 136 valence electrons. The number of ether oxygens (including phenoxy) is 1. The van der Waals surface area contributed by atoms with Crippen molar-refractivity contribution in [3.8, 4) is 0 Å². The van der Waals surface area contributed by atoms with Crippen LogP contribution < -0.4 is 10.6 Å². The van der Waals surface area contributed by atoms with Crippen LogP contribution in [0.5, 0.6) is 0 Å². The fourth-order valence-electron chi connectivity index (χ4n) is 2.16. The highest BCUT2D eigenvalue weighted by Crippen LogP contribution is 2.11. The highest BCUT2D eigenvalue weighted by Gasteiger charge is 2.09. The van der Waals surface area contributed by atoms with E-state index in [1.807, 2.05) is 0 Å². The molecule has 0 spiro atoms. The number of aryl methyl sites for hydroxylation is 1. The molecule has 0 radical (unpaired) electrons. The van der Waals surface area contributed by atoms with E-state index in [2.05, 4.69) is 15.4 Å². The highest BCUT2D eigenvalue weighted by atomic mass is 19.1. The molecule has 26 heavy (non-hydrogen) atoms. The van der Waals surface area contributed by atoms with Crippen LogP contribution in [-0.2, 0) is 20.7 Å². The van der Waals surface area contributed by atoms with E-state index < -0.39 is 11.9 Å². The van der Waals surface area contributed by atoms with Crippen molar-refractivity contribution >= 4 is 23.5 Å². The summed E-state index contributed by atoms with van der Waals surface area (Å²) in [5.74, 6) is -1.45. The molecule has 0 aliphatic carbocycles. The van der Waals surface area contributed by atoms with Crippen molar-refractivity contribution in [2.45, 2.75) is 12.8 Å². The molecule has 6 nitrogen and oxygen atoms in total. The zero-order chi connectivity index (χ0) is 18.9. The van der Waals surface area contributed by atoms with E-state index in [1.54, 1.807) is 36.4 Å². The molecular weight excluding hydrogens is 339 g/mol. The minimum atomic E-state index is -0.539. The summed E-state index contributed by atoms with van der Waals surface area (Å²) in [4.78, 5) is 34.8. The van der Waals surface area contributed by atoms with E-state index in [-0.39, 0.29) is 24.7 Å². The predicted molar refractivity (Wildman–Crippen MR) is 94.1 cm³/mol. The second-order valence-electron chi connectivity index (χ2n) is 5.51. The summed E-state index contributed by atoms with van der Waals surface area (Å²) in [6.45, 7) is -0.211. The number of esters is 1. The Morgan fingerprint density at radius 1 is 1.00 bits per heavy atom. The van der Waals surface area contributed by atoms with Gasteiger partial charge in [0.05, 0.1) is 7.11 Å². The minimum Gasteiger partial charge on any atom is -0.468 e. The molecular formula is C19H19FN2O4. The van der Waals surface area contributed by atoms with Crippen LogP contribution in [0.3, 0.4) is 0 Å². The van der Waals surface area contributed by atoms with Crippen LogP contribution in [0.2, 0.25) is 0 Å². The van der Waals surface area contributed by atoms with Crippen molar-refractivity contribution in [1.29, 1.82) is 0 Å². The van der Waals surface area contributed by atoms with Crippen LogP contribution in [0, 0.1) is 5.82 Å². The van der Waals surface area contributed by atoms with Crippen LogP contribution in [-0.4, -0.2) is 31.4 Å². The number of hydrogen-bond donors (Lipinski definition) is 2. The fourth-order valence-corrected chi connectivity index (χ4v) is 2.16. The van der Waals surface area contributed by atoms with Gasteiger partial charge in [-0.1, -0.05) is 12.1 Å². The van der Waals surface area contributed by atoms with Crippen molar-refractivity contribution in [2.75, 3.05) is 19.0 Å². The van der Waals surface area contributed by atoms with Crippen molar-refractivity contribution in [3.63, 3.8) is 0 Å². The first kappa shape index (κ1) is 19.1. The Kier molecular flexibility index (Phi) is 6.84. The van der Waals surface area contributed by atoms with E-state index in [4.69, 9.17) is 0 Å². The third kappa shape index (κ3) is 6.01. The first-order chi connectivity index (χ1) is 12.5. The number of methoxy groups -OCH3 is 1. The number of carbonyl (C=O) groups excluding carboxylic acids is 3. The van der Waals surface area contributed by atoms with Crippen molar-refractivity contribution in [2.24, 2.45) is 0 Å². The molecule has 0 bridgehead atoms. The second kappa shape index (κ2) is 9.31. The maximum Gasteiger partial charge on any atom is 0.325 e. The van der Waals surface area contributed by atoms with E-state index in [0.29, 0.717) is 17.7 Å². The predicted octanol–water partition coefficient (Wildman–Crippen LogP) is 2.30. The quantitative estimate of drug-likeness (QED) is 0.744. The zero-order valence-electron chi connectivity index (χ0n) is 14.3. The standard InChI is InChI=1S/C19H19FN2O4/c1-26-18(24)12-21-19(25)14-5-9-16(10-6-14)22-17(23)11-4-13-2-7-15(20)8-3-13/h2-3,5-10H,4,11-12H2,1H3,(H,21,25)(H,22,23). The molecule has 0 fully saturated rings. The van der Waals surface area contributed by atoms with Crippen LogP contribution in [0.15, 0.2) is 48.5 Å². The van der Waals surface area contributed by atoms with Gasteiger partial charge in [-0.3, -0.25) is 14.4 Å². The van der Waals surface area contributed by atoms with Crippen LogP contribution in [0.4, 0.5) is 10.1 Å². The van der Waals surface area contributed by atoms with Crippen molar-refractivity contribution in [1.82, 2.24) is 5.32 Å². The van der Waals surface area contributed by atoms with Gasteiger partial charge in [-0.15, -0.1) is 0 Å². The third-order valence-electron chi connectivity index (χ3n) is 3.61. The molecule has 2 rings (SSSR count). The van der Waals surface area contributed by atoms with Gasteiger partial charge in [0.15, 0.2) is 0 Å². The van der Waals surface area contributed by atoms with Crippen LogP contribution >= 0.6 is 0 Å². The number of rotatable bonds is 7. The van der Waals surface area contributed by atoms with Gasteiger partial charge in [0.1, 0.15) is 12.4 Å². The molecule has 0 aliphatic rings. The van der Waals surface area contributed by atoms with Gasteiger partial charge in [-0.05, 0) is 48.4 Å². The lowest BCUT2D eigenvalue weighted by molar-refractivity contribution is -0.139.